The van der Waals surface area contributed by atoms with Crippen LogP contribution in [0.3, 0.4) is 0 Å². The zero-order valence-corrected chi connectivity index (χ0v) is 23.4. The first kappa shape index (κ1) is 30.6. The number of imidazole rings is 1. The van der Waals surface area contributed by atoms with Gasteiger partial charge in [0.25, 0.3) is 0 Å². The molecule has 2 N–H and O–H groups in total. The Morgan fingerprint density at radius 1 is 0.974 bits per heavy atom. The lowest BCUT2D eigenvalue weighted by atomic mass is 10.1. The molecule has 0 radical (unpaired) electrons. The van der Waals surface area contributed by atoms with E-state index >= 15 is 0 Å². The third-order valence-electron chi connectivity index (χ3n) is 5.76. The molecule has 0 atom stereocenters. The fraction of sp³-hybridized carbons (Fsp3) is 0.593. The first-order valence-corrected chi connectivity index (χ1v) is 13.2. The molecule has 0 aliphatic heterocycles. The minimum absolute atomic E-state index is 0.384. The van der Waals surface area contributed by atoms with Crippen LogP contribution in [0.5, 0.6) is 0 Å². The molecule has 11 heteroatoms. The molecule has 2 amide bonds. The third kappa shape index (κ3) is 12.1. The van der Waals surface area contributed by atoms with Crippen LogP contribution in [0, 0.1) is 0 Å². The van der Waals surface area contributed by atoms with Gasteiger partial charge in [0.05, 0.1) is 26.5 Å². The number of anilines is 1. The molecule has 0 bridgehead atoms. The highest BCUT2D eigenvalue weighted by molar-refractivity contribution is 5.67. The molecule has 11 nitrogen and oxygen atoms in total. The molecule has 2 rings (SSSR count). The van der Waals surface area contributed by atoms with Crippen LogP contribution in [0.15, 0.2) is 46.9 Å². The monoisotopic (exact) mass is 529 g/mol. The molecule has 0 spiro atoms. The number of hydrogen-bond acceptors (Lipinski definition) is 7. The average Bonchev–Trinajstić information content (AvgIpc) is 3.16. The van der Waals surface area contributed by atoms with Crippen LogP contribution >= 0.6 is 0 Å². The zero-order valence-electron chi connectivity index (χ0n) is 23.4. The second-order valence-electron chi connectivity index (χ2n) is 10.3. The van der Waals surface area contributed by atoms with Crippen molar-refractivity contribution < 1.29 is 24.0 Å². The summed E-state index contributed by atoms with van der Waals surface area (Å²) in [6, 6.07) is 8.04. The van der Waals surface area contributed by atoms with Gasteiger partial charge < -0.3 is 30.2 Å². The summed E-state index contributed by atoms with van der Waals surface area (Å²) in [7, 11) is 3.86. The molecule has 1 heterocycles. The van der Waals surface area contributed by atoms with E-state index in [-0.39, 0.29) is 6.09 Å². The van der Waals surface area contributed by atoms with Gasteiger partial charge in [-0.1, -0.05) is 5.11 Å². The van der Waals surface area contributed by atoms with Crippen molar-refractivity contribution in [3.63, 3.8) is 0 Å². The lowest BCUT2D eigenvalue weighted by molar-refractivity contribution is -0.657. The number of carbonyl (C=O) groups is 2. The van der Waals surface area contributed by atoms with E-state index in [0.29, 0.717) is 13.1 Å². The largest absolute Gasteiger partial charge is 0.530 e. The van der Waals surface area contributed by atoms with Gasteiger partial charge in [-0.2, -0.15) is 0 Å². The summed E-state index contributed by atoms with van der Waals surface area (Å²) in [5, 5.41) is 24.4. The van der Waals surface area contributed by atoms with Crippen LogP contribution in [0.25, 0.3) is 0 Å². The molecule has 210 valence electrons. The summed E-state index contributed by atoms with van der Waals surface area (Å²) >= 11 is 0. The van der Waals surface area contributed by atoms with Gasteiger partial charge >= 0.3 is 12.0 Å². The average molecular weight is 530 g/mol. The first-order chi connectivity index (χ1) is 18.0. The molecular weight excluding hydrogens is 486 g/mol. The number of nitrogens with one attached hydrogen (secondary N) is 2. The van der Waals surface area contributed by atoms with Crippen molar-refractivity contribution in [2.24, 2.45) is 24.3 Å². The maximum atomic E-state index is 11.8. The number of carboxylic acid groups (broad SMARTS) is 1. The van der Waals surface area contributed by atoms with Crippen molar-refractivity contribution in [2.45, 2.75) is 64.9 Å². The number of alkyl carbamates (subject to hydrolysis) is 1. The fourth-order valence-corrected chi connectivity index (χ4v) is 3.83. The highest BCUT2D eigenvalue weighted by Gasteiger charge is 2.15. The number of rotatable bonds is 15. The molecule has 2 aromatic rings. The summed E-state index contributed by atoms with van der Waals surface area (Å²) in [6.07, 6.45) is 7.70. The normalized spacial score (nSPS) is 11.5. The van der Waals surface area contributed by atoms with Crippen molar-refractivity contribution in [1.82, 2.24) is 15.2 Å². The van der Waals surface area contributed by atoms with Crippen molar-refractivity contribution in [1.29, 1.82) is 0 Å². The van der Waals surface area contributed by atoms with E-state index in [4.69, 9.17) is 4.74 Å². The number of nitrogens with zero attached hydrogens (tertiary/aromatic N) is 5. The summed E-state index contributed by atoms with van der Waals surface area (Å²) in [5.41, 5.74) is 1.38. The molecule has 0 fully saturated rings. The third-order valence-corrected chi connectivity index (χ3v) is 5.76. The molecule has 0 saturated heterocycles. The number of ether oxygens (including phenoxy) is 1. The van der Waals surface area contributed by atoms with Crippen LogP contribution in [0.4, 0.5) is 26.9 Å². The highest BCUT2D eigenvalue weighted by Crippen LogP contribution is 2.22. The van der Waals surface area contributed by atoms with E-state index < -0.39 is 11.7 Å². The van der Waals surface area contributed by atoms with Gasteiger partial charge in [0.2, 0.25) is 0 Å². The first-order valence-electron chi connectivity index (χ1n) is 13.2. The topological polar surface area (TPSA) is 127 Å². The number of unbranched alkanes of at least 4 members (excludes halogenated alkanes) is 4. The van der Waals surface area contributed by atoms with Gasteiger partial charge in [0.1, 0.15) is 17.4 Å². The maximum absolute atomic E-state index is 11.8. The lowest BCUT2D eigenvalue weighted by Gasteiger charge is -2.25. The van der Waals surface area contributed by atoms with Gasteiger partial charge in [-0.15, -0.1) is 0 Å². The van der Waals surface area contributed by atoms with Gasteiger partial charge in [0, 0.05) is 37.0 Å². The number of amides is 2. The number of benzene rings is 1. The van der Waals surface area contributed by atoms with E-state index in [9.17, 15) is 14.7 Å². The van der Waals surface area contributed by atoms with Gasteiger partial charge in [-0.3, -0.25) is 0 Å². The molecule has 1 aromatic heterocycles. The van der Waals surface area contributed by atoms with Crippen LogP contribution in [0.1, 0.15) is 59.3 Å². The Morgan fingerprint density at radius 2 is 1.58 bits per heavy atom. The Balaban J connectivity index is 1.88. The fourth-order valence-electron chi connectivity index (χ4n) is 3.83. The van der Waals surface area contributed by atoms with Gasteiger partial charge in [0.15, 0.2) is 0 Å². The molecule has 0 saturated carbocycles. The summed E-state index contributed by atoms with van der Waals surface area (Å²) in [4.78, 5) is 24.6. The second-order valence-corrected chi connectivity index (χ2v) is 10.3. The van der Waals surface area contributed by atoms with E-state index in [0.717, 1.165) is 68.9 Å². The SMILES string of the molecule is Cn1cc[n+](C)c1N=Nc1ccc(N(CCCCCNC(=O)[O-])CCCCCNC(=O)OC(C)(C)C)cc1. The Morgan fingerprint density at radius 3 is 2.11 bits per heavy atom. The number of hydrogen-bond donors (Lipinski definition) is 2. The second kappa shape index (κ2) is 15.6. The minimum atomic E-state index is -1.23. The molecule has 1 aromatic carbocycles. The summed E-state index contributed by atoms with van der Waals surface area (Å²) in [6.45, 7) is 8.27. The predicted octanol–water partition coefficient (Wildman–Crippen LogP) is 3.87. The number of aromatic nitrogens is 2. The highest BCUT2D eigenvalue weighted by atomic mass is 16.6. The standard InChI is InChI=1S/C27H43N7O4/c1-27(2,3)38-26(37)29-17-9-7-11-19-34(18-10-6-8-16-28-25(35)36)23-14-12-22(13-15-23)30-31-24-32(4)20-21-33(24)5/h12-15,20-21,28H,6-11,16-19H2,1-5H3,(H-,29,35,36,37). The smallest absolute Gasteiger partial charge is 0.421 e. The van der Waals surface area contributed by atoms with Crippen LogP contribution in [0.2, 0.25) is 0 Å². The number of azo groups is 1. The van der Waals surface area contributed by atoms with Crippen molar-refractivity contribution in [2.75, 3.05) is 31.1 Å². The van der Waals surface area contributed by atoms with E-state index in [1.165, 1.54) is 0 Å². The van der Waals surface area contributed by atoms with E-state index in [1.54, 1.807) is 0 Å². The molecule has 0 aliphatic carbocycles. The van der Waals surface area contributed by atoms with Crippen molar-refractivity contribution in [3.8, 4) is 0 Å². The Hall–Kier alpha value is -3.63. The minimum Gasteiger partial charge on any atom is -0.530 e. The van der Waals surface area contributed by atoms with Gasteiger partial charge in [-0.25, -0.2) is 13.9 Å². The van der Waals surface area contributed by atoms with Crippen LogP contribution in [-0.4, -0.2) is 48.5 Å². The molecule has 0 unspecified atom stereocenters. The van der Waals surface area contributed by atoms with Crippen molar-refractivity contribution >= 4 is 29.5 Å². The van der Waals surface area contributed by atoms with Crippen molar-refractivity contribution in [3.05, 3.63) is 36.7 Å². The van der Waals surface area contributed by atoms with E-state index in [1.807, 2.05) is 68.5 Å². The zero-order chi connectivity index (χ0) is 28.0. The number of carbonyl (C=O) groups excluding carboxylic acids is 2. The predicted molar refractivity (Wildman–Crippen MR) is 145 cm³/mol. The van der Waals surface area contributed by atoms with E-state index in [2.05, 4.69) is 37.9 Å². The lowest BCUT2D eigenvalue weighted by Crippen LogP contribution is -2.37. The molecular formula is C27H43N7O4. The molecule has 38 heavy (non-hydrogen) atoms. The van der Waals surface area contributed by atoms with Crippen LogP contribution in [-0.2, 0) is 18.8 Å². The quantitative estimate of drug-likeness (QED) is 0.206. The van der Waals surface area contributed by atoms with Crippen LogP contribution < -0.4 is 25.2 Å². The van der Waals surface area contributed by atoms with Gasteiger partial charge in [-0.05, 0) is 83.6 Å². The Kier molecular flexibility index (Phi) is 12.5. The molecule has 0 aliphatic rings. The maximum Gasteiger partial charge on any atom is 0.421 e. The summed E-state index contributed by atoms with van der Waals surface area (Å²) in [5.74, 6) is 0.755. The summed E-state index contributed by atoms with van der Waals surface area (Å²) < 4.78 is 9.09. The number of aryl methyl sites for hydroxylation is 2. The Labute approximate surface area is 225 Å². The Bertz CT molecular complexity index is 1010.